The van der Waals surface area contributed by atoms with Gasteiger partial charge >= 0.3 is 0 Å². The molecule has 1 atom stereocenters. The van der Waals surface area contributed by atoms with Crippen LogP contribution in [-0.4, -0.2) is 55.4 Å². The van der Waals surface area contributed by atoms with Crippen LogP contribution < -0.4 is 4.74 Å². The summed E-state index contributed by atoms with van der Waals surface area (Å²) in [5.74, 6) is 0.132. The lowest BCUT2D eigenvalue weighted by atomic mass is 9.83. The van der Waals surface area contributed by atoms with Crippen molar-refractivity contribution in [3.05, 3.63) is 30.1 Å². The van der Waals surface area contributed by atoms with Crippen LogP contribution in [0.1, 0.15) is 32.6 Å². The van der Waals surface area contributed by atoms with Gasteiger partial charge in [-0.1, -0.05) is 0 Å². The van der Waals surface area contributed by atoms with Gasteiger partial charge in [0.25, 0.3) is 5.91 Å². The molecule has 0 radical (unpaired) electrons. The lowest BCUT2D eigenvalue weighted by Crippen LogP contribution is -2.52. The molecule has 3 rings (SSSR count). The summed E-state index contributed by atoms with van der Waals surface area (Å²) in [6, 6.07) is 5.69. The first-order valence-electron chi connectivity index (χ1n) is 9.02. The van der Waals surface area contributed by atoms with Crippen LogP contribution in [0.15, 0.2) is 24.3 Å². The van der Waals surface area contributed by atoms with E-state index in [1.165, 1.54) is 24.3 Å². The molecule has 25 heavy (non-hydrogen) atoms. The van der Waals surface area contributed by atoms with Crippen LogP contribution in [0.4, 0.5) is 4.39 Å². The third-order valence-electron chi connectivity index (χ3n) is 5.05. The SMILES string of the molecule is CCOC1CCOC2(CCN(C(=O)COc3ccc(F)cc3)CC2)C1. The molecule has 0 bridgehead atoms. The maximum Gasteiger partial charge on any atom is 0.260 e. The average molecular weight is 351 g/mol. The molecule has 1 unspecified atom stereocenters. The average Bonchev–Trinajstić information content (AvgIpc) is 2.62. The van der Waals surface area contributed by atoms with Crippen LogP contribution >= 0.6 is 0 Å². The molecule has 0 saturated carbocycles. The maximum atomic E-state index is 12.9. The van der Waals surface area contributed by atoms with Crippen molar-refractivity contribution in [3.63, 3.8) is 0 Å². The third-order valence-corrected chi connectivity index (χ3v) is 5.05. The van der Waals surface area contributed by atoms with Crippen molar-refractivity contribution in [1.82, 2.24) is 4.90 Å². The first-order valence-corrected chi connectivity index (χ1v) is 9.02. The Balaban J connectivity index is 1.46. The number of carbonyl (C=O) groups excluding carboxylic acids is 1. The molecular weight excluding hydrogens is 325 g/mol. The molecule has 2 heterocycles. The molecule has 138 valence electrons. The number of piperidine rings is 1. The van der Waals surface area contributed by atoms with Crippen molar-refractivity contribution in [2.75, 3.05) is 32.9 Å². The predicted octanol–water partition coefficient (Wildman–Crippen LogP) is 2.78. The van der Waals surface area contributed by atoms with Crippen molar-refractivity contribution in [2.24, 2.45) is 0 Å². The zero-order valence-electron chi connectivity index (χ0n) is 14.7. The van der Waals surface area contributed by atoms with E-state index >= 15 is 0 Å². The van der Waals surface area contributed by atoms with Gasteiger partial charge in [-0.3, -0.25) is 4.79 Å². The number of rotatable bonds is 5. The van der Waals surface area contributed by atoms with Gasteiger partial charge in [-0.15, -0.1) is 0 Å². The molecular formula is C19H26FNO4. The highest BCUT2D eigenvalue weighted by Gasteiger charge is 2.41. The highest BCUT2D eigenvalue weighted by Crippen LogP contribution is 2.36. The molecule has 5 nitrogen and oxygen atoms in total. The zero-order valence-corrected chi connectivity index (χ0v) is 14.7. The van der Waals surface area contributed by atoms with E-state index in [2.05, 4.69) is 0 Å². The van der Waals surface area contributed by atoms with E-state index in [4.69, 9.17) is 14.2 Å². The minimum atomic E-state index is -0.321. The monoisotopic (exact) mass is 351 g/mol. The largest absolute Gasteiger partial charge is 0.484 e. The number of likely N-dealkylation sites (tertiary alicyclic amines) is 1. The van der Waals surface area contributed by atoms with Crippen LogP contribution in [0.2, 0.25) is 0 Å². The van der Waals surface area contributed by atoms with Crippen LogP contribution in [0.3, 0.4) is 0 Å². The quantitative estimate of drug-likeness (QED) is 0.818. The fourth-order valence-electron chi connectivity index (χ4n) is 3.64. The summed E-state index contributed by atoms with van der Waals surface area (Å²) < 4.78 is 30.2. The highest BCUT2D eigenvalue weighted by atomic mass is 19.1. The van der Waals surface area contributed by atoms with E-state index in [1.807, 2.05) is 11.8 Å². The summed E-state index contributed by atoms with van der Waals surface area (Å²) >= 11 is 0. The molecule has 2 aliphatic heterocycles. The zero-order chi connectivity index (χ0) is 17.7. The van der Waals surface area contributed by atoms with Gasteiger partial charge in [0.15, 0.2) is 6.61 Å². The molecule has 1 spiro atoms. The minimum Gasteiger partial charge on any atom is -0.484 e. The maximum absolute atomic E-state index is 12.9. The molecule has 1 aromatic carbocycles. The number of hydrogen-bond donors (Lipinski definition) is 0. The molecule has 2 saturated heterocycles. The number of amides is 1. The van der Waals surface area contributed by atoms with Crippen LogP contribution in [0, 0.1) is 5.82 Å². The van der Waals surface area contributed by atoms with Gasteiger partial charge in [-0.25, -0.2) is 4.39 Å². The molecule has 0 aliphatic carbocycles. The molecule has 1 aromatic rings. The second-order valence-electron chi connectivity index (χ2n) is 6.73. The van der Waals surface area contributed by atoms with Crippen molar-refractivity contribution in [1.29, 1.82) is 0 Å². The standard InChI is InChI=1S/C19H26FNO4/c1-2-23-17-7-12-25-19(13-17)8-10-21(11-9-19)18(22)14-24-16-5-3-15(20)4-6-16/h3-6,17H,2,7-14H2,1H3. The number of ether oxygens (including phenoxy) is 3. The Morgan fingerprint density at radius 1 is 1.32 bits per heavy atom. The first kappa shape index (κ1) is 18.1. The van der Waals surface area contributed by atoms with Crippen molar-refractivity contribution < 1.29 is 23.4 Å². The highest BCUT2D eigenvalue weighted by molar-refractivity contribution is 5.77. The Labute approximate surface area is 148 Å². The Bertz CT molecular complexity index is 567. The van der Waals surface area contributed by atoms with E-state index in [0.717, 1.165) is 38.9 Å². The number of halogens is 1. The Kier molecular flexibility index (Phi) is 5.91. The van der Waals surface area contributed by atoms with Gasteiger partial charge in [0.05, 0.1) is 11.7 Å². The molecule has 0 aromatic heterocycles. The summed E-state index contributed by atoms with van der Waals surface area (Å²) in [7, 11) is 0. The van der Waals surface area contributed by atoms with Gasteiger partial charge in [0.2, 0.25) is 0 Å². The Hall–Kier alpha value is -1.66. The fourth-order valence-corrected chi connectivity index (χ4v) is 3.64. The van der Waals surface area contributed by atoms with Gasteiger partial charge in [0.1, 0.15) is 11.6 Å². The normalized spacial score (nSPS) is 22.8. The second kappa shape index (κ2) is 8.15. The summed E-state index contributed by atoms with van der Waals surface area (Å²) in [4.78, 5) is 14.2. The number of nitrogens with zero attached hydrogens (tertiary/aromatic N) is 1. The van der Waals surface area contributed by atoms with Crippen LogP contribution in [0.5, 0.6) is 5.75 Å². The van der Waals surface area contributed by atoms with E-state index < -0.39 is 0 Å². The summed E-state index contributed by atoms with van der Waals surface area (Å²) in [5.41, 5.74) is -0.146. The lowest BCUT2D eigenvalue weighted by molar-refractivity contribution is -0.161. The minimum absolute atomic E-state index is 0.0267. The molecule has 2 aliphatic rings. The van der Waals surface area contributed by atoms with Crippen LogP contribution in [0.25, 0.3) is 0 Å². The van der Waals surface area contributed by atoms with Gasteiger partial charge in [0, 0.05) is 32.7 Å². The van der Waals surface area contributed by atoms with Crippen molar-refractivity contribution in [2.45, 2.75) is 44.3 Å². The summed E-state index contributed by atoms with van der Waals surface area (Å²) in [6.45, 7) is 4.79. The van der Waals surface area contributed by atoms with Crippen molar-refractivity contribution in [3.8, 4) is 5.75 Å². The van der Waals surface area contributed by atoms with E-state index in [0.29, 0.717) is 18.8 Å². The van der Waals surface area contributed by atoms with Crippen LogP contribution in [-0.2, 0) is 14.3 Å². The number of carbonyl (C=O) groups is 1. The summed E-state index contributed by atoms with van der Waals surface area (Å²) in [5, 5.41) is 0. The molecule has 2 fully saturated rings. The fraction of sp³-hybridized carbons (Fsp3) is 0.632. The Morgan fingerprint density at radius 2 is 2.04 bits per heavy atom. The van der Waals surface area contributed by atoms with Crippen molar-refractivity contribution >= 4 is 5.91 Å². The lowest BCUT2D eigenvalue weighted by Gasteiger charge is -2.46. The van der Waals surface area contributed by atoms with Gasteiger partial charge in [-0.2, -0.15) is 0 Å². The molecule has 0 N–H and O–H groups in total. The third kappa shape index (κ3) is 4.70. The van der Waals surface area contributed by atoms with E-state index in [9.17, 15) is 9.18 Å². The predicted molar refractivity (Wildman–Crippen MR) is 91.0 cm³/mol. The second-order valence-corrected chi connectivity index (χ2v) is 6.73. The topological polar surface area (TPSA) is 48.0 Å². The number of hydrogen-bond acceptors (Lipinski definition) is 4. The van der Waals surface area contributed by atoms with Gasteiger partial charge in [-0.05, 0) is 50.5 Å². The first-order chi connectivity index (χ1) is 12.1. The van der Waals surface area contributed by atoms with Gasteiger partial charge < -0.3 is 19.1 Å². The smallest absolute Gasteiger partial charge is 0.260 e. The molecule has 1 amide bonds. The summed E-state index contributed by atoms with van der Waals surface area (Å²) in [6.07, 6.45) is 3.79. The Morgan fingerprint density at radius 3 is 2.72 bits per heavy atom. The number of benzene rings is 1. The van der Waals surface area contributed by atoms with E-state index in [1.54, 1.807) is 0 Å². The van der Waals surface area contributed by atoms with E-state index in [-0.39, 0.29) is 30.0 Å². The molecule has 6 heteroatoms.